The van der Waals surface area contributed by atoms with Crippen LogP contribution in [0.3, 0.4) is 0 Å². The van der Waals surface area contributed by atoms with Crippen LogP contribution in [-0.2, 0) is 11.8 Å². The topological polar surface area (TPSA) is 64.9 Å². The van der Waals surface area contributed by atoms with E-state index in [-0.39, 0.29) is 11.5 Å². The molecule has 0 aliphatic carbocycles. The number of hydrogen-bond donors (Lipinski definition) is 1. The highest BCUT2D eigenvalue weighted by Gasteiger charge is 2.28. The van der Waals surface area contributed by atoms with Gasteiger partial charge in [-0.25, -0.2) is 0 Å². The van der Waals surface area contributed by atoms with Crippen molar-refractivity contribution in [1.82, 2.24) is 10.1 Å². The summed E-state index contributed by atoms with van der Waals surface area (Å²) in [5.41, 5.74) is 6.63. The van der Waals surface area contributed by atoms with Crippen LogP contribution in [0.15, 0.2) is 34.9 Å². The second-order valence-corrected chi connectivity index (χ2v) is 5.18. The number of hydrogen-bond acceptors (Lipinski definition) is 4. The Morgan fingerprint density at radius 1 is 1.28 bits per heavy atom. The molecule has 96 valence electrons. The van der Waals surface area contributed by atoms with Crippen LogP contribution in [0.5, 0.6) is 0 Å². The van der Waals surface area contributed by atoms with E-state index in [4.69, 9.17) is 10.3 Å². The average Bonchev–Trinajstić information content (AvgIpc) is 2.78. The van der Waals surface area contributed by atoms with E-state index < -0.39 is 0 Å². The van der Waals surface area contributed by atoms with E-state index in [9.17, 15) is 0 Å². The van der Waals surface area contributed by atoms with Crippen molar-refractivity contribution in [3.8, 4) is 0 Å². The van der Waals surface area contributed by atoms with E-state index in [1.807, 2.05) is 25.1 Å². The molecule has 1 aromatic carbocycles. The number of benzene rings is 1. The van der Waals surface area contributed by atoms with E-state index in [0.29, 0.717) is 18.1 Å². The first kappa shape index (κ1) is 12.8. The maximum absolute atomic E-state index is 5.73. The van der Waals surface area contributed by atoms with Crippen LogP contribution in [-0.4, -0.2) is 16.2 Å². The van der Waals surface area contributed by atoms with Gasteiger partial charge in [0.05, 0.1) is 5.41 Å². The molecule has 0 aliphatic rings. The molecule has 0 fully saturated rings. The van der Waals surface area contributed by atoms with Crippen LogP contribution >= 0.6 is 0 Å². The summed E-state index contributed by atoms with van der Waals surface area (Å²) in [5.74, 6) is 1.30. The molecule has 4 heteroatoms. The van der Waals surface area contributed by atoms with Crippen molar-refractivity contribution in [1.29, 1.82) is 0 Å². The lowest BCUT2D eigenvalue weighted by atomic mass is 9.84. The molecule has 0 bridgehead atoms. The second-order valence-electron chi connectivity index (χ2n) is 5.18. The van der Waals surface area contributed by atoms with Crippen molar-refractivity contribution >= 4 is 0 Å². The first-order valence-electron chi connectivity index (χ1n) is 6.14. The molecular weight excluding hydrogens is 226 g/mol. The molecule has 1 unspecified atom stereocenters. The molecule has 1 atom stereocenters. The van der Waals surface area contributed by atoms with Gasteiger partial charge in [-0.2, -0.15) is 4.98 Å². The number of nitrogens with zero attached hydrogens (tertiary/aromatic N) is 2. The Balaban J connectivity index is 2.27. The van der Waals surface area contributed by atoms with Crippen LogP contribution in [0.2, 0.25) is 0 Å². The minimum Gasteiger partial charge on any atom is -0.339 e. The van der Waals surface area contributed by atoms with Gasteiger partial charge in [-0.15, -0.1) is 0 Å². The van der Waals surface area contributed by atoms with E-state index in [2.05, 4.69) is 36.1 Å². The van der Waals surface area contributed by atoms with Gasteiger partial charge in [0.15, 0.2) is 5.82 Å². The summed E-state index contributed by atoms with van der Waals surface area (Å²) in [6, 6.07) is 10.2. The van der Waals surface area contributed by atoms with Gasteiger partial charge >= 0.3 is 0 Å². The van der Waals surface area contributed by atoms with Crippen molar-refractivity contribution in [2.45, 2.75) is 38.6 Å². The summed E-state index contributed by atoms with van der Waals surface area (Å²) in [6.07, 6.45) is 0.609. The normalized spacial score (nSPS) is 13.6. The molecule has 2 aromatic rings. The highest BCUT2D eigenvalue weighted by Crippen LogP contribution is 2.28. The van der Waals surface area contributed by atoms with Gasteiger partial charge in [-0.05, 0) is 26.3 Å². The van der Waals surface area contributed by atoms with E-state index in [1.54, 1.807) is 0 Å². The van der Waals surface area contributed by atoms with Gasteiger partial charge in [-0.1, -0.05) is 35.5 Å². The van der Waals surface area contributed by atoms with Crippen molar-refractivity contribution < 1.29 is 4.52 Å². The molecule has 0 aliphatic heterocycles. The minimum atomic E-state index is -0.263. The first-order valence-corrected chi connectivity index (χ1v) is 6.14. The molecule has 18 heavy (non-hydrogen) atoms. The number of aromatic nitrogens is 2. The maximum atomic E-state index is 5.73. The molecule has 1 heterocycles. The number of nitrogens with two attached hydrogens (primary N) is 1. The Kier molecular flexibility index (Phi) is 3.48. The zero-order valence-corrected chi connectivity index (χ0v) is 11.1. The standard InChI is InChI=1S/C14H19N3O/c1-10(15)9-12-16-13(17-18-12)14(2,3)11-7-5-4-6-8-11/h4-8,10H,9,15H2,1-3H3. The van der Waals surface area contributed by atoms with Crippen molar-refractivity contribution in [2.24, 2.45) is 5.73 Å². The summed E-state index contributed by atoms with van der Waals surface area (Å²) in [4.78, 5) is 4.44. The monoisotopic (exact) mass is 245 g/mol. The van der Waals surface area contributed by atoms with Crippen molar-refractivity contribution in [3.05, 3.63) is 47.6 Å². The lowest BCUT2D eigenvalue weighted by Crippen LogP contribution is -2.21. The van der Waals surface area contributed by atoms with E-state index >= 15 is 0 Å². The molecule has 2 N–H and O–H groups in total. The quantitative estimate of drug-likeness (QED) is 0.897. The second kappa shape index (κ2) is 4.90. The Bertz CT molecular complexity index is 503. The summed E-state index contributed by atoms with van der Waals surface area (Å²) in [7, 11) is 0. The zero-order valence-electron chi connectivity index (χ0n) is 11.1. The molecule has 2 rings (SSSR count). The zero-order chi connectivity index (χ0) is 13.2. The Hall–Kier alpha value is -1.68. The molecule has 1 aromatic heterocycles. The summed E-state index contributed by atoms with van der Waals surface area (Å²) in [5, 5.41) is 4.08. The van der Waals surface area contributed by atoms with Gasteiger partial charge in [-0.3, -0.25) is 0 Å². The van der Waals surface area contributed by atoms with Crippen LogP contribution in [0, 0.1) is 0 Å². The van der Waals surface area contributed by atoms with Gasteiger partial charge < -0.3 is 10.3 Å². The summed E-state index contributed by atoms with van der Waals surface area (Å²) >= 11 is 0. The fraction of sp³-hybridized carbons (Fsp3) is 0.429. The highest BCUT2D eigenvalue weighted by atomic mass is 16.5. The van der Waals surface area contributed by atoms with Crippen molar-refractivity contribution in [3.63, 3.8) is 0 Å². The maximum Gasteiger partial charge on any atom is 0.228 e. The number of rotatable bonds is 4. The van der Waals surface area contributed by atoms with Gasteiger partial charge in [0, 0.05) is 12.5 Å². The molecule has 0 amide bonds. The van der Waals surface area contributed by atoms with E-state index in [0.717, 1.165) is 5.56 Å². The molecule has 0 spiro atoms. The molecular formula is C14H19N3O. The van der Waals surface area contributed by atoms with Crippen LogP contribution in [0.1, 0.15) is 38.0 Å². The highest BCUT2D eigenvalue weighted by molar-refractivity contribution is 5.30. The van der Waals surface area contributed by atoms with Crippen LogP contribution in [0.25, 0.3) is 0 Å². The fourth-order valence-electron chi connectivity index (χ4n) is 1.85. The summed E-state index contributed by atoms with van der Waals surface area (Å²) in [6.45, 7) is 6.10. The fourth-order valence-corrected chi connectivity index (χ4v) is 1.85. The predicted octanol–water partition coefficient (Wildman–Crippen LogP) is 2.29. The smallest absolute Gasteiger partial charge is 0.228 e. The molecule has 0 saturated carbocycles. The van der Waals surface area contributed by atoms with Crippen LogP contribution in [0.4, 0.5) is 0 Å². The van der Waals surface area contributed by atoms with Crippen LogP contribution < -0.4 is 5.73 Å². The minimum absolute atomic E-state index is 0.0261. The predicted molar refractivity (Wildman–Crippen MR) is 70.2 cm³/mol. The van der Waals surface area contributed by atoms with Crippen molar-refractivity contribution in [2.75, 3.05) is 0 Å². The molecule has 0 saturated heterocycles. The Morgan fingerprint density at radius 2 is 1.94 bits per heavy atom. The third kappa shape index (κ3) is 2.59. The van der Waals surface area contributed by atoms with Gasteiger partial charge in [0.25, 0.3) is 0 Å². The molecule has 4 nitrogen and oxygen atoms in total. The largest absolute Gasteiger partial charge is 0.339 e. The average molecular weight is 245 g/mol. The third-order valence-corrected chi connectivity index (χ3v) is 3.02. The van der Waals surface area contributed by atoms with Gasteiger partial charge in [0.2, 0.25) is 5.89 Å². The SMILES string of the molecule is CC(N)Cc1nc(C(C)(C)c2ccccc2)no1. The van der Waals surface area contributed by atoms with E-state index in [1.165, 1.54) is 0 Å². The van der Waals surface area contributed by atoms with Gasteiger partial charge in [0.1, 0.15) is 0 Å². The lowest BCUT2D eigenvalue weighted by Gasteiger charge is -2.20. The molecule has 0 radical (unpaired) electrons. The lowest BCUT2D eigenvalue weighted by molar-refractivity contribution is 0.360. The first-order chi connectivity index (χ1) is 8.50. The summed E-state index contributed by atoms with van der Waals surface area (Å²) < 4.78 is 5.24. The Morgan fingerprint density at radius 3 is 2.56 bits per heavy atom. The third-order valence-electron chi connectivity index (χ3n) is 3.02. The Labute approximate surface area is 107 Å².